The van der Waals surface area contributed by atoms with Gasteiger partial charge in [0.15, 0.2) is 0 Å². The molecule has 1 aliphatic heterocycles. The third-order valence-electron chi connectivity index (χ3n) is 1.88. The molecule has 6 heteroatoms. The molecule has 1 rings (SSSR count). The summed E-state index contributed by atoms with van der Waals surface area (Å²) in [6.07, 6.45) is -0.450. The second-order valence-corrected chi connectivity index (χ2v) is 2.96. The molecule has 13 heavy (non-hydrogen) atoms. The molecule has 0 aromatic carbocycles. The molecular formula is C7H15N3O3. The molecule has 0 saturated carbocycles. The van der Waals surface area contributed by atoms with Crippen LogP contribution in [0.25, 0.3) is 0 Å². The Morgan fingerprint density at radius 3 is 2.85 bits per heavy atom. The average Bonchev–Trinajstić information content (AvgIpc) is 2.45. The maximum absolute atomic E-state index is 10.3. The average molecular weight is 189 g/mol. The molecule has 6 nitrogen and oxygen atoms in total. The fourth-order valence-electron chi connectivity index (χ4n) is 1.18. The van der Waals surface area contributed by atoms with Crippen molar-refractivity contribution in [3.63, 3.8) is 0 Å². The maximum Gasteiger partial charge on any atom is 0.312 e. The lowest BCUT2D eigenvalue weighted by Gasteiger charge is -2.13. The zero-order chi connectivity index (χ0) is 9.68. The van der Waals surface area contributed by atoms with Gasteiger partial charge in [-0.2, -0.15) is 0 Å². The predicted octanol–water partition coefficient (Wildman–Crippen LogP) is -2.00. The number of hydrogen-bond donors (Lipinski definition) is 4. The zero-order valence-electron chi connectivity index (χ0n) is 7.32. The Morgan fingerprint density at radius 1 is 1.54 bits per heavy atom. The minimum absolute atomic E-state index is 0.0327. The van der Waals surface area contributed by atoms with Gasteiger partial charge in [-0.15, -0.1) is 0 Å². The number of hydrogen-bond acceptors (Lipinski definition) is 4. The Morgan fingerprint density at radius 2 is 2.31 bits per heavy atom. The second-order valence-electron chi connectivity index (χ2n) is 2.96. The smallest absolute Gasteiger partial charge is 0.312 e. The number of rotatable bonds is 4. The molecular weight excluding hydrogens is 174 g/mol. The van der Waals surface area contributed by atoms with Crippen LogP contribution in [0, 0.1) is 0 Å². The molecule has 1 fully saturated rings. The van der Waals surface area contributed by atoms with Gasteiger partial charge in [-0.3, -0.25) is 0 Å². The van der Waals surface area contributed by atoms with Gasteiger partial charge in [0.1, 0.15) is 0 Å². The Bertz CT molecular complexity index is 176. The van der Waals surface area contributed by atoms with E-state index in [0.717, 1.165) is 0 Å². The Kier molecular flexibility index (Phi) is 3.94. The van der Waals surface area contributed by atoms with E-state index in [0.29, 0.717) is 26.3 Å². The summed E-state index contributed by atoms with van der Waals surface area (Å²) < 4.78 is 5.02. The fraction of sp³-hybridized carbons (Fsp3) is 0.857. The van der Waals surface area contributed by atoms with E-state index in [1.165, 1.54) is 0 Å². The van der Waals surface area contributed by atoms with Gasteiger partial charge < -0.3 is 26.2 Å². The lowest BCUT2D eigenvalue weighted by Crippen LogP contribution is -2.43. The highest BCUT2D eigenvalue weighted by molar-refractivity contribution is 5.71. The first kappa shape index (κ1) is 10.2. The van der Waals surface area contributed by atoms with E-state index in [1.807, 2.05) is 0 Å². The van der Waals surface area contributed by atoms with Crippen molar-refractivity contribution in [1.82, 2.24) is 10.6 Å². The summed E-state index contributed by atoms with van der Waals surface area (Å²) in [4.78, 5) is 10.3. The number of amides is 2. The number of urea groups is 1. The molecule has 1 aliphatic rings. The first-order valence-corrected chi connectivity index (χ1v) is 4.22. The van der Waals surface area contributed by atoms with Crippen LogP contribution >= 0.6 is 0 Å². The van der Waals surface area contributed by atoms with Crippen LogP contribution in [-0.2, 0) is 4.74 Å². The van der Waals surface area contributed by atoms with Crippen molar-refractivity contribution in [2.24, 2.45) is 5.73 Å². The number of aliphatic hydroxyl groups excluding tert-OH is 1. The molecule has 0 bridgehead atoms. The number of carbonyl (C=O) groups excluding carboxylic acids is 1. The van der Waals surface area contributed by atoms with E-state index in [4.69, 9.17) is 10.5 Å². The second kappa shape index (κ2) is 5.00. The number of primary amides is 1. The van der Waals surface area contributed by atoms with E-state index in [-0.39, 0.29) is 6.04 Å². The normalized spacial score (nSPS) is 27.5. The van der Waals surface area contributed by atoms with E-state index in [9.17, 15) is 9.90 Å². The van der Waals surface area contributed by atoms with Gasteiger partial charge in [-0.1, -0.05) is 0 Å². The van der Waals surface area contributed by atoms with E-state index in [1.54, 1.807) is 0 Å². The quantitative estimate of drug-likeness (QED) is 0.385. The van der Waals surface area contributed by atoms with Gasteiger partial charge in [-0.05, 0) is 0 Å². The van der Waals surface area contributed by atoms with Gasteiger partial charge in [0.05, 0.1) is 25.4 Å². The van der Waals surface area contributed by atoms with Crippen molar-refractivity contribution in [3.8, 4) is 0 Å². The number of ether oxygens (including phenoxy) is 1. The van der Waals surface area contributed by atoms with Gasteiger partial charge >= 0.3 is 6.03 Å². The molecule has 1 saturated heterocycles. The van der Waals surface area contributed by atoms with E-state index < -0.39 is 12.1 Å². The van der Waals surface area contributed by atoms with Gasteiger partial charge in [-0.25, -0.2) is 4.79 Å². The molecule has 1 heterocycles. The van der Waals surface area contributed by atoms with Crippen molar-refractivity contribution < 1.29 is 14.6 Å². The molecule has 0 spiro atoms. The zero-order valence-corrected chi connectivity index (χ0v) is 7.32. The topological polar surface area (TPSA) is 96.6 Å². The standard InChI is InChI=1S/C7H15N3O3/c8-7(12)10-2-1-9-5-3-13-4-6(5)11/h5-6,9,11H,1-4H2,(H3,8,10,12). The Hall–Kier alpha value is -0.850. The van der Waals surface area contributed by atoms with Gasteiger partial charge in [0.2, 0.25) is 0 Å². The summed E-state index contributed by atoms with van der Waals surface area (Å²) in [5.74, 6) is 0. The highest BCUT2D eigenvalue weighted by Gasteiger charge is 2.24. The molecule has 0 aromatic rings. The van der Waals surface area contributed by atoms with Crippen LogP contribution in [0.1, 0.15) is 0 Å². The molecule has 0 aromatic heterocycles. The van der Waals surface area contributed by atoms with E-state index in [2.05, 4.69) is 10.6 Å². The number of carbonyl (C=O) groups is 1. The van der Waals surface area contributed by atoms with Gasteiger partial charge in [0.25, 0.3) is 0 Å². The number of nitrogens with one attached hydrogen (secondary N) is 2. The molecule has 5 N–H and O–H groups in total. The third-order valence-corrected chi connectivity index (χ3v) is 1.88. The highest BCUT2D eigenvalue weighted by atomic mass is 16.5. The first-order valence-electron chi connectivity index (χ1n) is 4.22. The molecule has 0 aliphatic carbocycles. The van der Waals surface area contributed by atoms with Crippen LogP contribution in [-0.4, -0.2) is 49.6 Å². The van der Waals surface area contributed by atoms with Crippen molar-refractivity contribution in [1.29, 1.82) is 0 Å². The van der Waals surface area contributed by atoms with Crippen molar-refractivity contribution >= 4 is 6.03 Å². The molecule has 0 radical (unpaired) electrons. The summed E-state index contributed by atoms with van der Waals surface area (Å²) in [7, 11) is 0. The summed E-state index contributed by atoms with van der Waals surface area (Å²) in [5, 5.41) is 14.8. The summed E-state index contributed by atoms with van der Waals surface area (Å²) in [6.45, 7) is 1.92. The van der Waals surface area contributed by atoms with Crippen LogP contribution < -0.4 is 16.4 Å². The van der Waals surface area contributed by atoms with E-state index >= 15 is 0 Å². The number of aliphatic hydroxyl groups is 1. The largest absolute Gasteiger partial charge is 0.389 e. The van der Waals surface area contributed by atoms with Crippen LogP contribution in [0.3, 0.4) is 0 Å². The summed E-state index contributed by atoms with van der Waals surface area (Å²) in [5.41, 5.74) is 4.86. The minimum Gasteiger partial charge on any atom is -0.389 e. The van der Waals surface area contributed by atoms with Crippen LogP contribution in [0.15, 0.2) is 0 Å². The minimum atomic E-state index is -0.537. The molecule has 2 unspecified atom stereocenters. The van der Waals surface area contributed by atoms with Crippen molar-refractivity contribution in [2.75, 3.05) is 26.3 Å². The van der Waals surface area contributed by atoms with Crippen molar-refractivity contribution in [3.05, 3.63) is 0 Å². The van der Waals surface area contributed by atoms with Crippen LogP contribution in [0.4, 0.5) is 4.79 Å². The highest BCUT2D eigenvalue weighted by Crippen LogP contribution is 2.03. The molecule has 76 valence electrons. The Labute approximate surface area is 76.4 Å². The fourth-order valence-corrected chi connectivity index (χ4v) is 1.18. The first-order chi connectivity index (χ1) is 6.20. The lowest BCUT2D eigenvalue weighted by molar-refractivity contribution is 0.122. The van der Waals surface area contributed by atoms with Gasteiger partial charge in [0, 0.05) is 13.1 Å². The summed E-state index contributed by atoms with van der Waals surface area (Å²) >= 11 is 0. The molecule has 2 atom stereocenters. The monoisotopic (exact) mass is 189 g/mol. The SMILES string of the molecule is NC(=O)NCCNC1COCC1O. The van der Waals surface area contributed by atoms with Crippen LogP contribution in [0.5, 0.6) is 0 Å². The summed E-state index contributed by atoms with van der Waals surface area (Å²) in [6, 6.07) is -0.570. The lowest BCUT2D eigenvalue weighted by atomic mass is 10.2. The Balaban J connectivity index is 2.02. The van der Waals surface area contributed by atoms with Crippen LogP contribution in [0.2, 0.25) is 0 Å². The molecule has 2 amide bonds. The predicted molar refractivity (Wildman–Crippen MR) is 46.2 cm³/mol. The maximum atomic E-state index is 10.3. The van der Waals surface area contributed by atoms with Crippen molar-refractivity contribution in [2.45, 2.75) is 12.1 Å². The number of nitrogens with two attached hydrogens (primary N) is 1. The third kappa shape index (κ3) is 3.58.